The Morgan fingerprint density at radius 3 is 2.35 bits per heavy atom. The molecule has 1 aromatic carbocycles. The molecule has 0 aromatic heterocycles. The van der Waals surface area contributed by atoms with Crippen molar-refractivity contribution < 1.29 is 17.9 Å². The van der Waals surface area contributed by atoms with Crippen molar-refractivity contribution in [1.29, 1.82) is 0 Å². The number of carbonyl (C=O) groups excluding carboxylic acids is 1. The van der Waals surface area contributed by atoms with Crippen LogP contribution in [0.1, 0.15) is 40.0 Å². The van der Waals surface area contributed by atoms with Gasteiger partial charge in [0.15, 0.2) is 0 Å². The van der Waals surface area contributed by atoms with Gasteiger partial charge < -0.3 is 4.74 Å². The third-order valence-corrected chi connectivity index (χ3v) is 6.93. The molecule has 1 aliphatic rings. The minimum Gasteiger partial charge on any atom is -0.446 e. The zero-order valence-corrected chi connectivity index (χ0v) is 17.0. The first-order chi connectivity index (χ1) is 12.1. The van der Waals surface area contributed by atoms with Gasteiger partial charge in [-0.3, -0.25) is 5.32 Å². The molecule has 1 N–H and O–H groups in total. The van der Waals surface area contributed by atoms with E-state index in [1.165, 1.54) is 32.6 Å². The molecular weight excluding hydrogens is 352 g/mol. The molecule has 0 spiro atoms. The maximum Gasteiger partial charge on any atom is 0.411 e. The van der Waals surface area contributed by atoms with Crippen LogP contribution in [0.3, 0.4) is 0 Å². The number of carbonyl (C=O) groups is 1. The number of sulfonamides is 1. The Hall–Kier alpha value is -1.60. The fourth-order valence-electron chi connectivity index (χ4n) is 3.46. The monoisotopic (exact) mass is 382 g/mol. The molecule has 26 heavy (non-hydrogen) atoms. The molecule has 1 amide bonds. The average molecular weight is 383 g/mol. The summed E-state index contributed by atoms with van der Waals surface area (Å²) < 4.78 is 31.0. The van der Waals surface area contributed by atoms with E-state index in [-0.39, 0.29) is 11.0 Å². The topological polar surface area (TPSA) is 75.7 Å². The molecule has 3 atom stereocenters. The summed E-state index contributed by atoms with van der Waals surface area (Å²) >= 11 is 0. The van der Waals surface area contributed by atoms with Gasteiger partial charge in [0.1, 0.15) is 6.10 Å². The van der Waals surface area contributed by atoms with Crippen LogP contribution in [0.25, 0.3) is 0 Å². The van der Waals surface area contributed by atoms with Crippen LogP contribution in [0.2, 0.25) is 0 Å². The lowest BCUT2D eigenvalue weighted by molar-refractivity contribution is 0.0126. The van der Waals surface area contributed by atoms with E-state index in [1.807, 2.05) is 0 Å². The van der Waals surface area contributed by atoms with Gasteiger partial charge in [0.2, 0.25) is 10.0 Å². The first kappa shape index (κ1) is 20.7. The summed E-state index contributed by atoms with van der Waals surface area (Å²) in [6.45, 7) is 6.52. The number of nitrogens with one attached hydrogen (secondary N) is 1. The lowest BCUT2D eigenvalue weighted by Gasteiger charge is -2.36. The number of ether oxygens (including phenoxy) is 1. The number of benzene rings is 1. The first-order valence-corrected chi connectivity index (χ1v) is 10.6. The second kappa shape index (κ2) is 8.39. The molecule has 7 heteroatoms. The van der Waals surface area contributed by atoms with Gasteiger partial charge in [-0.15, -0.1) is 0 Å². The quantitative estimate of drug-likeness (QED) is 0.837. The third-order valence-electron chi connectivity index (χ3n) is 5.10. The highest BCUT2D eigenvalue weighted by molar-refractivity contribution is 7.89. The number of hydrogen-bond donors (Lipinski definition) is 1. The summed E-state index contributed by atoms with van der Waals surface area (Å²) in [6.07, 6.45) is 2.57. The largest absolute Gasteiger partial charge is 0.446 e. The standard InChI is InChI=1S/C19H30N2O4S/c1-13(2)17-11-6-14(3)12-18(17)25-19(22)20-15-7-9-16(10-8-15)26(23,24)21(4)5/h7-10,13-14,17-18H,6,11-12H2,1-5H3,(H,20,22)/t14-,17-,18-/m1/s1. The van der Waals surface area contributed by atoms with Gasteiger partial charge >= 0.3 is 6.09 Å². The van der Waals surface area contributed by atoms with E-state index in [2.05, 4.69) is 26.1 Å². The van der Waals surface area contributed by atoms with Crippen molar-refractivity contribution in [3.05, 3.63) is 24.3 Å². The minimum atomic E-state index is -3.48. The zero-order valence-electron chi connectivity index (χ0n) is 16.2. The fourth-order valence-corrected chi connectivity index (χ4v) is 4.36. The average Bonchev–Trinajstić information content (AvgIpc) is 2.54. The Balaban J connectivity index is 2.01. The number of hydrogen-bond acceptors (Lipinski definition) is 4. The normalized spacial score (nSPS) is 23.9. The van der Waals surface area contributed by atoms with Crippen LogP contribution >= 0.6 is 0 Å². The van der Waals surface area contributed by atoms with Crippen molar-refractivity contribution in [1.82, 2.24) is 4.31 Å². The Morgan fingerprint density at radius 1 is 1.19 bits per heavy atom. The lowest BCUT2D eigenvalue weighted by atomic mass is 9.75. The Bertz CT molecular complexity index is 714. The summed E-state index contributed by atoms with van der Waals surface area (Å²) in [7, 11) is -0.516. The van der Waals surface area contributed by atoms with Gasteiger partial charge in [-0.05, 0) is 54.9 Å². The zero-order chi connectivity index (χ0) is 19.5. The highest BCUT2D eigenvalue weighted by Gasteiger charge is 2.33. The van der Waals surface area contributed by atoms with E-state index in [4.69, 9.17) is 4.74 Å². The SMILES string of the molecule is CC(C)[C@H]1CC[C@@H](C)C[C@H]1OC(=O)Nc1ccc(S(=O)(=O)N(C)C)cc1. The molecule has 2 rings (SSSR count). The molecule has 1 fully saturated rings. The van der Waals surface area contributed by atoms with Crippen molar-refractivity contribution in [3.63, 3.8) is 0 Å². The molecule has 0 bridgehead atoms. The lowest BCUT2D eigenvalue weighted by Crippen LogP contribution is -2.36. The van der Waals surface area contributed by atoms with Crippen LogP contribution in [0.4, 0.5) is 10.5 Å². The highest BCUT2D eigenvalue weighted by atomic mass is 32.2. The summed E-state index contributed by atoms with van der Waals surface area (Å²) in [5.41, 5.74) is 0.512. The van der Waals surface area contributed by atoms with Crippen LogP contribution in [-0.4, -0.2) is 39.0 Å². The van der Waals surface area contributed by atoms with Crippen molar-refractivity contribution in [2.24, 2.45) is 17.8 Å². The van der Waals surface area contributed by atoms with Crippen LogP contribution < -0.4 is 5.32 Å². The number of rotatable bonds is 5. The molecule has 0 saturated heterocycles. The first-order valence-electron chi connectivity index (χ1n) is 9.11. The Labute approximate surface area is 157 Å². The van der Waals surface area contributed by atoms with Crippen LogP contribution in [0, 0.1) is 17.8 Å². The van der Waals surface area contributed by atoms with Crippen LogP contribution in [0.15, 0.2) is 29.2 Å². The predicted molar refractivity (Wildman–Crippen MR) is 103 cm³/mol. The van der Waals surface area contributed by atoms with E-state index in [9.17, 15) is 13.2 Å². The second-order valence-corrected chi connectivity index (χ2v) is 9.86. The number of nitrogens with zero attached hydrogens (tertiary/aromatic N) is 1. The van der Waals surface area contributed by atoms with Crippen molar-refractivity contribution in [2.45, 2.75) is 51.0 Å². The predicted octanol–water partition coefficient (Wildman–Crippen LogP) is 3.95. The van der Waals surface area contributed by atoms with Crippen molar-refractivity contribution in [3.8, 4) is 0 Å². The second-order valence-electron chi connectivity index (χ2n) is 7.71. The van der Waals surface area contributed by atoms with E-state index < -0.39 is 16.1 Å². The van der Waals surface area contributed by atoms with Gasteiger partial charge in [0.25, 0.3) is 0 Å². The molecule has 0 aliphatic heterocycles. The van der Waals surface area contributed by atoms with Crippen LogP contribution in [-0.2, 0) is 14.8 Å². The van der Waals surface area contributed by atoms with Crippen molar-refractivity contribution >= 4 is 21.8 Å². The fraction of sp³-hybridized carbons (Fsp3) is 0.632. The van der Waals surface area contributed by atoms with E-state index in [1.54, 1.807) is 12.1 Å². The molecule has 6 nitrogen and oxygen atoms in total. The molecular formula is C19H30N2O4S. The highest BCUT2D eigenvalue weighted by Crippen LogP contribution is 2.35. The van der Waals surface area contributed by atoms with Gasteiger partial charge in [-0.2, -0.15) is 0 Å². The third kappa shape index (κ3) is 4.98. The molecule has 1 aromatic rings. The van der Waals surface area contributed by atoms with E-state index in [0.29, 0.717) is 23.4 Å². The maximum atomic E-state index is 12.3. The van der Waals surface area contributed by atoms with Gasteiger partial charge in [-0.25, -0.2) is 17.5 Å². The maximum absolute atomic E-state index is 12.3. The summed E-state index contributed by atoms with van der Waals surface area (Å²) in [6, 6.07) is 6.09. The molecule has 146 valence electrons. The number of anilines is 1. The van der Waals surface area contributed by atoms with Crippen LogP contribution in [0.5, 0.6) is 0 Å². The van der Waals surface area contributed by atoms with Gasteiger partial charge in [0, 0.05) is 19.8 Å². The van der Waals surface area contributed by atoms with Gasteiger partial charge in [-0.1, -0.05) is 27.2 Å². The number of amides is 1. The van der Waals surface area contributed by atoms with E-state index >= 15 is 0 Å². The molecule has 1 aliphatic carbocycles. The van der Waals surface area contributed by atoms with Gasteiger partial charge in [0.05, 0.1) is 4.90 Å². The van der Waals surface area contributed by atoms with Crippen molar-refractivity contribution in [2.75, 3.05) is 19.4 Å². The molecule has 0 heterocycles. The summed E-state index contributed by atoms with van der Waals surface area (Å²) in [4.78, 5) is 12.5. The smallest absolute Gasteiger partial charge is 0.411 e. The minimum absolute atomic E-state index is 0.0767. The molecule has 1 saturated carbocycles. The Kier molecular flexibility index (Phi) is 6.69. The van der Waals surface area contributed by atoms with E-state index in [0.717, 1.165) is 17.1 Å². The molecule has 0 unspecified atom stereocenters. The molecule has 0 radical (unpaired) electrons. The Morgan fingerprint density at radius 2 is 1.81 bits per heavy atom. The summed E-state index contributed by atoms with van der Waals surface area (Å²) in [5, 5.41) is 2.70. The summed E-state index contributed by atoms with van der Waals surface area (Å²) in [5.74, 6) is 1.40.